The molecule has 1 unspecified atom stereocenters. The molecule has 0 aromatic carbocycles. The molecule has 50 valence electrons. The second-order valence-corrected chi connectivity index (χ2v) is 2.03. The zero-order valence-corrected chi connectivity index (χ0v) is 5.50. The van der Waals surface area contributed by atoms with Gasteiger partial charge in [-0.05, 0) is 13.0 Å². The Morgan fingerprint density at radius 1 is 1.78 bits per heavy atom. The van der Waals surface area contributed by atoms with Crippen molar-refractivity contribution in [1.29, 1.82) is 0 Å². The van der Waals surface area contributed by atoms with Crippen LogP contribution in [0.1, 0.15) is 18.8 Å². The van der Waals surface area contributed by atoms with Crippen LogP contribution in [0.15, 0.2) is 12.3 Å². The maximum absolute atomic E-state index is 12.4. The lowest BCUT2D eigenvalue weighted by molar-refractivity contribution is 0.363. The highest BCUT2D eigenvalue weighted by Crippen LogP contribution is 2.11. The Labute approximate surface area is 53.3 Å². The number of aromatic nitrogens is 2. The molecule has 1 aromatic rings. The van der Waals surface area contributed by atoms with E-state index >= 15 is 0 Å². The maximum atomic E-state index is 12.4. The zero-order valence-electron chi connectivity index (χ0n) is 5.50. The molecule has 0 aliphatic rings. The van der Waals surface area contributed by atoms with Gasteiger partial charge >= 0.3 is 0 Å². The van der Waals surface area contributed by atoms with Gasteiger partial charge in [0.2, 0.25) is 0 Å². The summed E-state index contributed by atoms with van der Waals surface area (Å²) < 4.78 is 14.0. The SMILES string of the molecule is CC(F)c1ccn(C)n1. The topological polar surface area (TPSA) is 17.8 Å². The summed E-state index contributed by atoms with van der Waals surface area (Å²) in [4.78, 5) is 0. The monoisotopic (exact) mass is 128 g/mol. The summed E-state index contributed by atoms with van der Waals surface area (Å²) in [6.07, 6.45) is 0.775. The average molecular weight is 128 g/mol. The highest BCUT2D eigenvalue weighted by atomic mass is 19.1. The number of halogens is 1. The Morgan fingerprint density at radius 2 is 2.44 bits per heavy atom. The Bertz CT molecular complexity index is 193. The van der Waals surface area contributed by atoms with Crippen molar-refractivity contribution in [2.24, 2.45) is 7.05 Å². The van der Waals surface area contributed by atoms with Gasteiger partial charge in [-0.1, -0.05) is 0 Å². The third-order valence-corrected chi connectivity index (χ3v) is 1.14. The van der Waals surface area contributed by atoms with Crippen molar-refractivity contribution in [1.82, 2.24) is 9.78 Å². The van der Waals surface area contributed by atoms with Gasteiger partial charge in [-0.2, -0.15) is 5.10 Å². The van der Waals surface area contributed by atoms with Gasteiger partial charge in [0.05, 0.1) is 5.69 Å². The van der Waals surface area contributed by atoms with E-state index in [-0.39, 0.29) is 0 Å². The second-order valence-electron chi connectivity index (χ2n) is 2.03. The molecule has 2 nitrogen and oxygen atoms in total. The first-order valence-electron chi connectivity index (χ1n) is 2.84. The fourth-order valence-electron chi connectivity index (χ4n) is 0.645. The Hall–Kier alpha value is -0.860. The summed E-state index contributed by atoms with van der Waals surface area (Å²) in [7, 11) is 1.77. The summed E-state index contributed by atoms with van der Waals surface area (Å²) in [5.74, 6) is 0. The van der Waals surface area contributed by atoms with Gasteiger partial charge in [-0.15, -0.1) is 0 Å². The third-order valence-electron chi connectivity index (χ3n) is 1.14. The van der Waals surface area contributed by atoms with Crippen LogP contribution in [0.25, 0.3) is 0 Å². The van der Waals surface area contributed by atoms with Gasteiger partial charge in [-0.3, -0.25) is 4.68 Å². The van der Waals surface area contributed by atoms with Crippen LogP contribution in [-0.2, 0) is 7.05 Å². The summed E-state index contributed by atoms with van der Waals surface area (Å²) in [5.41, 5.74) is 0.498. The first kappa shape index (κ1) is 6.26. The standard InChI is InChI=1S/C6H9FN2/c1-5(7)6-3-4-9(2)8-6/h3-5H,1-2H3. The van der Waals surface area contributed by atoms with E-state index in [0.29, 0.717) is 5.69 Å². The molecule has 1 rings (SSSR count). The van der Waals surface area contributed by atoms with Crippen LogP contribution in [-0.4, -0.2) is 9.78 Å². The molecular weight excluding hydrogens is 119 g/mol. The van der Waals surface area contributed by atoms with Crippen LogP contribution in [0.2, 0.25) is 0 Å². The Balaban J connectivity index is 2.85. The van der Waals surface area contributed by atoms with Crippen molar-refractivity contribution in [3.05, 3.63) is 18.0 Å². The van der Waals surface area contributed by atoms with Crippen LogP contribution in [0.3, 0.4) is 0 Å². The van der Waals surface area contributed by atoms with E-state index in [2.05, 4.69) is 5.10 Å². The number of alkyl halides is 1. The molecule has 0 amide bonds. The molecule has 1 aromatic heterocycles. The second kappa shape index (κ2) is 2.17. The first-order chi connectivity index (χ1) is 4.20. The van der Waals surface area contributed by atoms with Crippen molar-refractivity contribution >= 4 is 0 Å². The van der Waals surface area contributed by atoms with E-state index in [1.54, 1.807) is 24.0 Å². The minimum atomic E-state index is -0.953. The van der Waals surface area contributed by atoms with E-state index in [9.17, 15) is 4.39 Å². The molecule has 0 saturated carbocycles. The molecule has 0 radical (unpaired) electrons. The van der Waals surface area contributed by atoms with E-state index < -0.39 is 6.17 Å². The Kier molecular flexibility index (Phi) is 1.51. The van der Waals surface area contributed by atoms with Gasteiger partial charge in [-0.25, -0.2) is 4.39 Å². The average Bonchev–Trinajstić information content (AvgIpc) is 2.14. The number of hydrogen-bond acceptors (Lipinski definition) is 1. The Morgan fingerprint density at radius 3 is 2.67 bits per heavy atom. The third kappa shape index (κ3) is 1.28. The lowest BCUT2D eigenvalue weighted by Gasteiger charge is -1.92. The minimum Gasteiger partial charge on any atom is -0.275 e. The highest BCUT2D eigenvalue weighted by molar-refractivity contribution is 5.01. The van der Waals surface area contributed by atoms with Crippen LogP contribution in [0.5, 0.6) is 0 Å². The first-order valence-corrected chi connectivity index (χ1v) is 2.84. The number of hydrogen-bond donors (Lipinski definition) is 0. The fourth-order valence-corrected chi connectivity index (χ4v) is 0.645. The normalized spacial score (nSPS) is 13.7. The summed E-state index contributed by atoms with van der Waals surface area (Å²) in [5, 5.41) is 3.85. The molecule has 0 spiro atoms. The number of rotatable bonds is 1. The minimum absolute atomic E-state index is 0.498. The van der Waals surface area contributed by atoms with Crippen LogP contribution in [0, 0.1) is 0 Å². The summed E-state index contributed by atoms with van der Waals surface area (Å²) in [6.45, 7) is 1.47. The molecule has 0 aliphatic heterocycles. The molecule has 0 bridgehead atoms. The van der Waals surface area contributed by atoms with E-state index in [1.807, 2.05) is 0 Å². The van der Waals surface area contributed by atoms with Crippen molar-refractivity contribution in [2.75, 3.05) is 0 Å². The molecular formula is C6H9FN2. The molecule has 1 atom stereocenters. The molecule has 9 heavy (non-hydrogen) atoms. The molecule has 0 N–H and O–H groups in total. The van der Waals surface area contributed by atoms with Gasteiger partial charge in [0.1, 0.15) is 6.17 Å². The predicted octanol–water partition coefficient (Wildman–Crippen LogP) is 1.45. The quantitative estimate of drug-likeness (QED) is 0.559. The van der Waals surface area contributed by atoms with Crippen LogP contribution < -0.4 is 0 Å². The van der Waals surface area contributed by atoms with E-state index in [4.69, 9.17) is 0 Å². The number of nitrogens with zero attached hydrogens (tertiary/aromatic N) is 2. The maximum Gasteiger partial charge on any atom is 0.141 e. The van der Waals surface area contributed by atoms with Gasteiger partial charge in [0.15, 0.2) is 0 Å². The van der Waals surface area contributed by atoms with Gasteiger partial charge in [0, 0.05) is 13.2 Å². The lowest BCUT2D eigenvalue weighted by atomic mass is 10.3. The van der Waals surface area contributed by atoms with Crippen LogP contribution in [0.4, 0.5) is 4.39 Å². The number of aryl methyl sites for hydroxylation is 1. The van der Waals surface area contributed by atoms with Crippen molar-refractivity contribution < 1.29 is 4.39 Å². The van der Waals surface area contributed by atoms with E-state index in [0.717, 1.165) is 0 Å². The molecule has 1 heterocycles. The van der Waals surface area contributed by atoms with Gasteiger partial charge in [0.25, 0.3) is 0 Å². The molecule has 0 saturated heterocycles. The summed E-state index contributed by atoms with van der Waals surface area (Å²) in [6, 6.07) is 1.67. The molecule has 3 heteroatoms. The van der Waals surface area contributed by atoms with Crippen molar-refractivity contribution in [3.63, 3.8) is 0 Å². The highest BCUT2D eigenvalue weighted by Gasteiger charge is 2.03. The van der Waals surface area contributed by atoms with Gasteiger partial charge < -0.3 is 0 Å². The van der Waals surface area contributed by atoms with Crippen molar-refractivity contribution in [2.45, 2.75) is 13.1 Å². The lowest BCUT2D eigenvalue weighted by Crippen LogP contribution is -1.91. The smallest absolute Gasteiger partial charge is 0.141 e. The van der Waals surface area contributed by atoms with Crippen LogP contribution >= 0.6 is 0 Å². The largest absolute Gasteiger partial charge is 0.275 e. The predicted molar refractivity (Wildman–Crippen MR) is 32.7 cm³/mol. The fraction of sp³-hybridized carbons (Fsp3) is 0.500. The van der Waals surface area contributed by atoms with Crippen molar-refractivity contribution in [3.8, 4) is 0 Å². The summed E-state index contributed by atoms with van der Waals surface area (Å²) >= 11 is 0. The zero-order chi connectivity index (χ0) is 6.85. The molecule has 0 fully saturated rings. The van der Waals surface area contributed by atoms with E-state index in [1.165, 1.54) is 6.92 Å². The molecule has 0 aliphatic carbocycles.